The second-order valence-corrected chi connectivity index (χ2v) is 4.65. The van der Waals surface area contributed by atoms with Crippen LogP contribution in [0.5, 0.6) is 11.5 Å². The van der Waals surface area contributed by atoms with Crippen molar-refractivity contribution in [3.8, 4) is 11.5 Å². The number of benzene rings is 1. The van der Waals surface area contributed by atoms with E-state index < -0.39 is 0 Å². The summed E-state index contributed by atoms with van der Waals surface area (Å²) in [6.07, 6.45) is 1.77. The van der Waals surface area contributed by atoms with Crippen LogP contribution >= 0.6 is 15.9 Å². The van der Waals surface area contributed by atoms with Gasteiger partial charge < -0.3 is 15.6 Å². The Kier molecular flexibility index (Phi) is 2.89. The molecular weight excluding hydrogens is 258 g/mol. The van der Waals surface area contributed by atoms with Crippen LogP contribution in [-0.2, 0) is 12.8 Å². The van der Waals surface area contributed by atoms with Gasteiger partial charge >= 0.3 is 0 Å². The van der Waals surface area contributed by atoms with Crippen molar-refractivity contribution in [2.45, 2.75) is 25.9 Å². The summed E-state index contributed by atoms with van der Waals surface area (Å²) in [5, 5.41) is 9.90. The highest BCUT2D eigenvalue weighted by molar-refractivity contribution is 9.10. The summed E-state index contributed by atoms with van der Waals surface area (Å²) in [5.74, 6) is 1.04. The first-order valence-corrected chi connectivity index (χ1v) is 5.82. The third-order valence-corrected chi connectivity index (χ3v) is 3.33. The number of nitrogens with two attached hydrogens (primary N) is 1. The molecule has 0 aliphatic carbocycles. The van der Waals surface area contributed by atoms with E-state index >= 15 is 0 Å². The molecule has 15 heavy (non-hydrogen) atoms. The minimum atomic E-state index is 0.184. The van der Waals surface area contributed by atoms with E-state index in [1.807, 2.05) is 13.0 Å². The molecule has 1 atom stereocenters. The van der Waals surface area contributed by atoms with Crippen LogP contribution in [0.15, 0.2) is 10.5 Å². The number of hydrogen-bond acceptors (Lipinski definition) is 3. The minimum absolute atomic E-state index is 0.184. The third-order valence-electron chi connectivity index (χ3n) is 2.59. The Labute approximate surface area is 97.4 Å². The maximum Gasteiger partial charge on any atom is 0.141 e. The minimum Gasteiger partial charge on any atom is -0.506 e. The fourth-order valence-corrected chi connectivity index (χ4v) is 2.51. The lowest BCUT2D eigenvalue weighted by atomic mass is 10.0. The van der Waals surface area contributed by atoms with Crippen molar-refractivity contribution < 1.29 is 9.84 Å². The van der Waals surface area contributed by atoms with Gasteiger partial charge in [-0.25, -0.2) is 0 Å². The predicted molar refractivity (Wildman–Crippen MR) is 62.4 cm³/mol. The van der Waals surface area contributed by atoms with Crippen LogP contribution in [0.25, 0.3) is 0 Å². The fourth-order valence-electron chi connectivity index (χ4n) is 1.91. The van der Waals surface area contributed by atoms with Crippen LogP contribution < -0.4 is 10.5 Å². The number of rotatable bonds is 2. The van der Waals surface area contributed by atoms with Crippen molar-refractivity contribution in [3.05, 3.63) is 21.7 Å². The molecule has 1 aromatic carbocycles. The summed E-state index contributed by atoms with van der Waals surface area (Å²) in [6, 6.07) is 1.99. The quantitative estimate of drug-likeness (QED) is 0.865. The lowest BCUT2D eigenvalue weighted by molar-refractivity contribution is 0.252. The number of halogens is 1. The molecule has 1 aliphatic rings. The summed E-state index contributed by atoms with van der Waals surface area (Å²) in [5.41, 5.74) is 7.53. The molecule has 1 aliphatic heterocycles. The smallest absolute Gasteiger partial charge is 0.141 e. The van der Waals surface area contributed by atoms with Gasteiger partial charge in [-0.3, -0.25) is 0 Å². The van der Waals surface area contributed by atoms with Crippen molar-refractivity contribution >= 4 is 15.9 Å². The molecule has 4 heteroatoms. The zero-order chi connectivity index (χ0) is 11.0. The van der Waals surface area contributed by atoms with Crippen LogP contribution in [0, 0.1) is 0 Å². The monoisotopic (exact) mass is 271 g/mol. The van der Waals surface area contributed by atoms with E-state index in [1.165, 1.54) is 0 Å². The van der Waals surface area contributed by atoms with E-state index in [4.69, 9.17) is 10.5 Å². The molecule has 3 nitrogen and oxygen atoms in total. The second-order valence-electron chi connectivity index (χ2n) is 3.86. The molecule has 0 amide bonds. The molecule has 1 heterocycles. The van der Waals surface area contributed by atoms with Crippen LogP contribution in [0.2, 0.25) is 0 Å². The Morgan fingerprint density at radius 3 is 3.07 bits per heavy atom. The van der Waals surface area contributed by atoms with Gasteiger partial charge in [-0.1, -0.05) is 0 Å². The average Bonchev–Trinajstić information content (AvgIpc) is 2.56. The number of phenolic OH excluding ortho intramolecular Hbond substituents is 1. The predicted octanol–water partition coefficient (Wildman–Crippen LogP) is 1.98. The largest absolute Gasteiger partial charge is 0.506 e. The molecule has 2 rings (SSSR count). The zero-order valence-corrected chi connectivity index (χ0v) is 10.2. The molecule has 0 saturated heterocycles. The number of aromatic hydroxyl groups is 1. The fraction of sp³-hybridized carbons (Fsp3) is 0.455. The number of hydrogen-bond donors (Lipinski definition) is 2. The maximum absolute atomic E-state index is 9.90. The number of phenols is 1. The van der Waals surface area contributed by atoms with Crippen molar-refractivity contribution in [3.63, 3.8) is 0 Å². The standard InChI is InChI=1S/C11H14BrNO2/c1-6-4-8-5-7(2-3-13)10(14)9(12)11(8)15-6/h5-6,14H,2-4,13H2,1H3. The van der Waals surface area contributed by atoms with E-state index in [2.05, 4.69) is 15.9 Å². The molecular formula is C11H14BrNO2. The van der Waals surface area contributed by atoms with Crippen molar-refractivity contribution in [2.24, 2.45) is 5.73 Å². The highest BCUT2D eigenvalue weighted by atomic mass is 79.9. The van der Waals surface area contributed by atoms with Gasteiger partial charge in [-0.05, 0) is 53.0 Å². The molecule has 1 unspecified atom stereocenters. The molecule has 1 aromatic rings. The van der Waals surface area contributed by atoms with Crippen molar-refractivity contribution in [2.75, 3.05) is 6.54 Å². The van der Waals surface area contributed by atoms with Gasteiger partial charge in [0.2, 0.25) is 0 Å². The summed E-state index contributed by atoms with van der Waals surface area (Å²) in [6.45, 7) is 2.56. The molecule has 0 radical (unpaired) electrons. The van der Waals surface area contributed by atoms with E-state index in [0.717, 1.165) is 23.3 Å². The molecule has 0 spiro atoms. The Hall–Kier alpha value is -0.740. The lowest BCUT2D eigenvalue weighted by Crippen LogP contribution is -2.05. The highest BCUT2D eigenvalue weighted by Gasteiger charge is 2.25. The first-order chi connectivity index (χ1) is 7.13. The van der Waals surface area contributed by atoms with E-state index in [9.17, 15) is 5.11 Å². The van der Waals surface area contributed by atoms with Gasteiger partial charge in [0.1, 0.15) is 22.1 Å². The van der Waals surface area contributed by atoms with Crippen LogP contribution in [0.1, 0.15) is 18.1 Å². The van der Waals surface area contributed by atoms with Gasteiger partial charge in [-0.15, -0.1) is 0 Å². The molecule has 0 bridgehead atoms. The van der Waals surface area contributed by atoms with Gasteiger partial charge in [0, 0.05) is 6.42 Å². The van der Waals surface area contributed by atoms with Gasteiger partial charge in [0.15, 0.2) is 0 Å². The first kappa shape index (κ1) is 10.8. The number of fused-ring (bicyclic) bond motifs is 1. The maximum atomic E-state index is 9.90. The Bertz CT molecular complexity index is 392. The summed E-state index contributed by atoms with van der Waals surface area (Å²) in [7, 11) is 0. The SMILES string of the molecule is CC1Cc2cc(CCN)c(O)c(Br)c2O1. The highest BCUT2D eigenvalue weighted by Crippen LogP contribution is 2.43. The van der Waals surface area contributed by atoms with Crippen molar-refractivity contribution in [1.29, 1.82) is 0 Å². The normalized spacial score (nSPS) is 18.7. The van der Waals surface area contributed by atoms with E-state index in [1.54, 1.807) is 0 Å². The van der Waals surface area contributed by atoms with E-state index in [-0.39, 0.29) is 11.9 Å². The van der Waals surface area contributed by atoms with Crippen LogP contribution in [0.4, 0.5) is 0 Å². The summed E-state index contributed by atoms with van der Waals surface area (Å²) in [4.78, 5) is 0. The Morgan fingerprint density at radius 2 is 2.40 bits per heavy atom. The first-order valence-electron chi connectivity index (χ1n) is 5.03. The Balaban J connectivity index is 2.47. The van der Waals surface area contributed by atoms with Gasteiger partial charge in [0.25, 0.3) is 0 Å². The number of ether oxygens (including phenoxy) is 1. The summed E-state index contributed by atoms with van der Waals surface area (Å²) >= 11 is 3.36. The van der Waals surface area contributed by atoms with Gasteiger partial charge in [-0.2, -0.15) is 0 Å². The Morgan fingerprint density at radius 1 is 1.67 bits per heavy atom. The third kappa shape index (κ3) is 1.84. The molecule has 3 N–H and O–H groups in total. The summed E-state index contributed by atoms with van der Waals surface area (Å²) < 4.78 is 6.27. The average molecular weight is 272 g/mol. The van der Waals surface area contributed by atoms with Gasteiger partial charge in [0.05, 0.1) is 0 Å². The van der Waals surface area contributed by atoms with Crippen LogP contribution in [0.3, 0.4) is 0 Å². The molecule has 0 aromatic heterocycles. The zero-order valence-electron chi connectivity index (χ0n) is 8.59. The molecule has 82 valence electrons. The van der Waals surface area contributed by atoms with E-state index in [0.29, 0.717) is 17.4 Å². The lowest BCUT2D eigenvalue weighted by Gasteiger charge is -2.10. The van der Waals surface area contributed by atoms with Crippen molar-refractivity contribution in [1.82, 2.24) is 0 Å². The van der Waals surface area contributed by atoms with Crippen LogP contribution in [-0.4, -0.2) is 17.8 Å². The second kappa shape index (κ2) is 4.02. The molecule has 0 fully saturated rings. The topological polar surface area (TPSA) is 55.5 Å². The molecule has 0 saturated carbocycles.